The summed E-state index contributed by atoms with van der Waals surface area (Å²) in [6.07, 6.45) is 6.61. The van der Waals surface area contributed by atoms with Gasteiger partial charge in [-0.25, -0.2) is 9.78 Å². The van der Waals surface area contributed by atoms with Crippen molar-refractivity contribution in [3.8, 4) is 0 Å². The van der Waals surface area contributed by atoms with Crippen LogP contribution in [0.2, 0.25) is 0 Å². The normalized spacial score (nSPS) is 22.9. The van der Waals surface area contributed by atoms with Crippen molar-refractivity contribution in [2.24, 2.45) is 11.8 Å². The van der Waals surface area contributed by atoms with Crippen molar-refractivity contribution in [1.82, 2.24) is 9.88 Å². The molecule has 0 spiro atoms. The SMILES string of the molecule is COCc1csc(NC(=O)N2CCC(C3CCCC3)C2)n1. The van der Waals surface area contributed by atoms with E-state index in [1.807, 2.05) is 10.3 Å². The molecular formula is C15H23N3O2S. The minimum atomic E-state index is -0.00573. The van der Waals surface area contributed by atoms with Gasteiger partial charge in [-0.05, 0) is 18.3 Å². The molecule has 1 atom stereocenters. The van der Waals surface area contributed by atoms with E-state index in [1.54, 1.807) is 7.11 Å². The van der Waals surface area contributed by atoms with Gasteiger partial charge < -0.3 is 9.64 Å². The van der Waals surface area contributed by atoms with Crippen LogP contribution in [0, 0.1) is 11.8 Å². The van der Waals surface area contributed by atoms with E-state index in [0.717, 1.165) is 31.1 Å². The number of amides is 2. The number of nitrogens with one attached hydrogen (secondary N) is 1. The van der Waals surface area contributed by atoms with E-state index in [0.29, 0.717) is 17.7 Å². The maximum atomic E-state index is 12.3. The van der Waals surface area contributed by atoms with Crippen molar-refractivity contribution in [2.45, 2.75) is 38.7 Å². The van der Waals surface area contributed by atoms with Crippen LogP contribution in [0.1, 0.15) is 37.8 Å². The fourth-order valence-corrected chi connectivity index (χ4v) is 4.22. The molecule has 1 aliphatic carbocycles. The second kappa shape index (κ2) is 6.75. The van der Waals surface area contributed by atoms with Crippen molar-refractivity contribution >= 4 is 22.5 Å². The number of ether oxygens (including phenoxy) is 1. The highest BCUT2D eigenvalue weighted by molar-refractivity contribution is 7.13. The Balaban J connectivity index is 1.51. The highest BCUT2D eigenvalue weighted by atomic mass is 32.1. The zero-order valence-corrected chi connectivity index (χ0v) is 13.3. The highest BCUT2D eigenvalue weighted by Crippen LogP contribution is 2.36. The van der Waals surface area contributed by atoms with Crippen LogP contribution in [0.25, 0.3) is 0 Å². The number of urea groups is 1. The van der Waals surface area contributed by atoms with Gasteiger partial charge in [-0.1, -0.05) is 25.7 Å². The molecule has 1 unspecified atom stereocenters. The van der Waals surface area contributed by atoms with Gasteiger partial charge in [0.05, 0.1) is 12.3 Å². The number of nitrogens with zero attached hydrogens (tertiary/aromatic N) is 2. The Hall–Kier alpha value is -1.14. The quantitative estimate of drug-likeness (QED) is 0.928. The third-order valence-corrected chi connectivity index (χ3v) is 5.44. The van der Waals surface area contributed by atoms with Crippen LogP contribution in [0.15, 0.2) is 5.38 Å². The molecule has 1 aromatic heterocycles. The lowest BCUT2D eigenvalue weighted by Gasteiger charge is -2.19. The fourth-order valence-electron chi connectivity index (χ4n) is 3.53. The minimum absolute atomic E-state index is 0.00573. The van der Waals surface area contributed by atoms with Crippen molar-refractivity contribution < 1.29 is 9.53 Å². The molecule has 3 rings (SSSR count). The highest BCUT2D eigenvalue weighted by Gasteiger charge is 2.33. The first kappa shape index (κ1) is 14.8. The van der Waals surface area contributed by atoms with Gasteiger partial charge in [0, 0.05) is 25.6 Å². The molecule has 1 aliphatic heterocycles. The number of carbonyl (C=O) groups is 1. The molecule has 6 heteroatoms. The first-order valence-electron chi connectivity index (χ1n) is 7.75. The Morgan fingerprint density at radius 1 is 1.43 bits per heavy atom. The van der Waals surface area contributed by atoms with Crippen LogP contribution < -0.4 is 5.32 Å². The van der Waals surface area contributed by atoms with Crippen LogP contribution in [0.5, 0.6) is 0 Å². The lowest BCUT2D eigenvalue weighted by molar-refractivity contribution is 0.182. The summed E-state index contributed by atoms with van der Waals surface area (Å²) >= 11 is 1.45. The third kappa shape index (κ3) is 3.55. The van der Waals surface area contributed by atoms with Crippen molar-refractivity contribution in [3.05, 3.63) is 11.1 Å². The molecule has 2 amide bonds. The monoisotopic (exact) mass is 309 g/mol. The number of hydrogen-bond donors (Lipinski definition) is 1. The lowest BCUT2D eigenvalue weighted by Crippen LogP contribution is -2.33. The molecule has 21 heavy (non-hydrogen) atoms. The summed E-state index contributed by atoms with van der Waals surface area (Å²) in [5, 5.41) is 5.50. The summed E-state index contributed by atoms with van der Waals surface area (Å²) in [7, 11) is 1.64. The molecule has 0 aromatic carbocycles. The van der Waals surface area contributed by atoms with Gasteiger partial charge in [-0.15, -0.1) is 11.3 Å². The third-order valence-electron chi connectivity index (χ3n) is 4.64. The Morgan fingerprint density at radius 3 is 3.00 bits per heavy atom. The lowest BCUT2D eigenvalue weighted by atomic mass is 9.90. The van der Waals surface area contributed by atoms with Crippen LogP contribution in [0.4, 0.5) is 9.93 Å². The molecule has 2 fully saturated rings. The first-order valence-corrected chi connectivity index (χ1v) is 8.63. The smallest absolute Gasteiger partial charge is 0.323 e. The molecule has 0 bridgehead atoms. The topological polar surface area (TPSA) is 54.5 Å². The zero-order chi connectivity index (χ0) is 14.7. The van der Waals surface area contributed by atoms with E-state index in [-0.39, 0.29) is 6.03 Å². The molecule has 2 heterocycles. The number of likely N-dealkylation sites (tertiary alicyclic amines) is 1. The van der Waals surface area contributed by atoms with Gasteiger partial charge in [0.2, 0.25) is 0 Å². The Kier molecular flexibility index (Phi) is 4.75. The van der Waals surface area contributed by atoms with Gasteiger partial charge >= 0.3 is 6.03 Å². The number of thiazole rings is 1. The van der Waals surface area contributed by atoms with Crippen molar-refractivity contribution in [3.63, 3.8) is 0 Å². The van der Waals surface area contributed by atoms with E-state index in [9.17, 15) is 4.79 Å². The first-order chi connectivity index (χ1) is 10.3. The zero-order valence-electron chi connectivity index (χ0n) is 12.5. The summed E-state index contributed by atoms with van der Waals surface area (Å²) in [5.41, 5.74) is 0.864. The molecular weight excluding hydrogens is 286 g/mol. The number of aromatic nitrogens is 1. The summed E-state index contributed by atoms with van der Waals surface area (Å²) in [6.45, 7) is 2.27. The molecule has 1 N–H and O–H groups in total. The van der Waals surface area contributed by atoms with Gasteiger partial charge in [0.25, 0.3) is 0 Å². The van der Waals surface area contributed by atoms with E-state index in [2.05, 4.69) is 10.3 Å². The standard InChI is InChI=1S/C15H23N3O2S/c1-20-9-13-10-21-14(16-13)17-15(19)18-7-6-12(8-18)11-4-2-3-5-11/h10-12H,2-9H2,1H3,(H,16,17,19). The molecule has 1 saturated carbocycles. The number of hydrogen-bond acceptors (Lipinski definition) is 4. The minimum Gasteiger partial charge on any atom is -0.378 e. The number of methoxy groups -OCH3 is 1. The van der Waals surface area contributed by atoms with E-state index in [4.69, 9.17) is 4.74 Å². The van der Waals surface area contributed by atoms with Crippen LogP contribution >= 0.6 is 11.3 Å². The average Bonchev–Trinajstić information content (AvgIpc) is 3.20. The number of rotatable bonds is 4. The predicted octanol–water partition coefficient (Wildman–Crippen LogP) is 3.33. The van der Waals surface area contributed by atoms with Crippen LogP contribution in [-0.2, 0) is 11.3 Å². The molecule has 1 saturated heterocycles. The van der Waals surface area contributed by atoms with E-state index in [1.165, 1.54) is 37.0 Å². The van der Waals surface area contributed by atoms with E-state index >= 15 is 0 Å². The molecule has 1 aromatic rings. The van der Waals surface area contributed by atoms with Gasteiger partial charge in [-0.2, -0.15) is 0 Å². The van der Waals surface area contributed by atoms with E-state index < -0.39 is 0 Å². The van der Waals surface area contributed by atoms with Crippen molar-refractivity contribution in [2.75, 3.05) is 25.5 Å². The number of carbonyl (C=O) groups excluding carboxylic acids is 1. The maximum absolute atomic E-state index is 12.3. The second-order valence-electron chi connectivity index (χ2n) is 6.05. The molecule has 0 radical (unpaired) electrons. The Bertz CT molecular complexity index is 485. The Morgan fingerprint density at radius 2 is 2.24 bits per heavy atom. The van der Waals surface area contributed by atoms with Crippen molar-refractivity contribution in [1.29, 1.82) is 0 Å². The summed E-state index contributed by atoms with van der Waals surface area (Å²) in [4.78, 5) is 18.6. The summed E-state index contributed by atoms with van der Waals surface area (Å²) in [6, 6.07) is -0.00573. The second-order valence-corrected chi connectivity index (χ2v) is 6.90. The molecule has 2 aliphatic rings. The molecule has 116 valence electrons. The van der Waals surface area contributed by atoms with Gasteiger partial charge in [0.15, 0.2) is 5.13 Å². The van der Waals surface area contributed by atoms with Crippen LogP contribution in [0.3, 0.4) is 0 Å². The average molecular weight is 309 g/mol. The fraction of sp³-hybridized carbons (Fsp3) is 0.733. The molecule has 5 nitrogen and oxygen atoms in total. The van der Waals surface area contributed by atoms with Gasteiger partial charge in [-0.3, -0.25) is 5.32 Å². The predicted molar refractivity (Wildman–Crippen MR) is 83.5 cm³/mol. The summed E-state index contributed by atoms with van der Waals surface area (Å²) in [5.74, 6) is 1.55. The Labute approximate surface area is 129 Å². The summed E-state index contributed by atoms with van der Waals surface area (Å²) < 4.78 is 5.04. The number of anilines is 1. The maximum Gasteiger partial charge on any atom is 0.323 e. The largest absolute Gasteiger partial charge is 0.378 e. The van der Waals surface area contributed by atoms with Crippen LogP contribution in [-0.4, -0.2) is 36.1 Å². The van der Waals surface area contributed by atoms with Gasteiger partial charge in [0.1, 0.15) is 0 Å².